The number of hydrogen-bond donors (Lipinski definition) is 1. The van der Waals surface area contributed by atoms with Crippen molar-refractivity contribution in [3.05, 3.63) is 71.0 Å². The molecule has 0 saturated heterocycles. The predicted octanol–water partition coefficient (Wildman–Crippen LogP) is 9.36. The lowest BCUT2D eigenvalue weighted by atomic mass is 9.84. The highest BCUT2D eigenvalue weighted by Gasteiger charge is 2.16. The van der Waals surface area contributed by atoms with Gasteiger partial charge in [0.1, 0.15) is 5.82 Å². The van der Waals surface area contributed by atoms with Gasteiger partial charge in [0.2, 0.25) is 0 Å². The molecule has 1 aromatic heterocycles. The number of ketones is 1. The SMILES string of the molecule is C#CC(C)(CC)CCC.CC.C\C=C/C=C\C(C)=C(CNc1ccc(C(C)=O)cn1)\C(=C/C)CC. The van der Waals surface area contributed by atoms with Crippen LogP contribution in [-0.4, -0.2) is 17.3 Å². The summed E-state index contributed by atoms with van der Waals surface area (Å²) in [6.45, 7) is 21.1. The highest BCUT2D eigenvalue weighted by Crippen LogP contribution is 2.25. The molecule has 0 saturated carbocycles. The van der Waals surface area contributed by atoms with Crippen LogP contribution in [0.3, 0.4) is 0 Å². The van der Waals surface area contributed by atoms with Crippen LogP contribution < -0.4 is 5.32 Å². The minimum atomic E-state index is 0.0294. The van der Waals surface area contributed by atoms with Gasteiger partial charge in [0, 0.05) is 23.7 Å². The van der Waals surface area contributed by atoms with Crippen molar-refractivity contribution in [2.24, 2.45) is 5.41 Å². The molecule has 0 aromatic carbocycles. The molecular weight excluding hydrogens is 428 g/mol. The molecule has 1 heterocycles. The Morgan fingerprint density at radius 2 is 1.80 bits per heavy atom. The first-order valence-corrected chi connectivity index (χ1v) is 13.0. The fraction of sp³-hybridized carbons (Fsp3) is 0.500. The molecule has 0 bridgehead atoms. The summed E-state index contributed by atoms with van der Waals surface area (Å²) in [6, 6.07) is 3.65. The molecule has 194 valence electrons. The second kappa shape index (κ2) is 20.5. The van der Waals surface area contributed by atoms with Crippen LogP contribution in [0.5, 0.6) is 0 Å². The maximum absolute atomic E-state index is 11.3. The van der Waals surface area contributed by atoms with Gasteiger partial charge in [-0.2, -0.15) is 0 Å². The van der Waals surface area contributed by atoms with E-state index in [4.69, 9.17) is 6.42 Å². The Labute approximate surface area is 216 Å². The van der Waals surface area contributed by atoms with Gasteiger partial charge in [-0.05, 0) is 82.7 Å². The Hall–Kier alpha value is -2.86. The van der Waals surface area contributed by atoms with Gasteiger partial charge in [0.05, 0.1) is 0 Å². The Balaban J connectivity index is 0. The van der Waals surface area contributed by atoms with Gasteiger partial charge in [0.25, 0.3) is 0 Å². The number of carbonyl (C=O) groups is 1. The lowest BCUT2D eigenvalue weighted by molar-refractivity contribution is 0.101. The van der Waals surface area contributed by atoms with E-state index < -0.39 is 0 Å². The van der Waals surface area contributed by atoms with Crippen LogP contribution in [0.1, 0.15) is 105 Å². The maximum atomic E-state index is 11.3. The molecule has 3 heteroatoms. The van der Waals surface area contributed by atoms with Crippen LogP contribution in [0.25, 0.3) is 0 Å². The van der Waals surface area contributed by atoms with Crippen molar-refractivity contribution < 1.29 is 4.79 Å². The van der Waals surface area contributed by atoms with Gasteiger partial charge < -0.3 is 5.32 Å². The first-order chi connectivity index (χ1) is 16.7. The largest absolute Gasteiger partial charge is 0.366 e. The van der Waals surface area contributed by atoms with Crippen LogP contribution in [0.4, 0.5) is 5.82 Å². The number of rotatable bonds is 11. The molecule has 1 atom stereocenters. The van der Waals surface area contributed by atoms with Gasteiger partial charge >= 0.3 is 0 Å². The van der Waals surface area contributed by atoms with Crippen LogP contribution in [0.15, 0.2) is 65.4 Å². The van der Waals surface area contributed by atoms with Crippen molar-refractivity contribution >= 4 is 11.6 Å². The molecule has 0 amide bonds. The Morgan fingerprint density at radius 1 is 1.14 bits per heavy atom. The Bertz CT molecular complexity index is 879. The van der Waals surface area contributed by atoms with E-state index in [2.05, 4.69) is 76.0 Å². The van der Waals surface area contributed by atoms with Crippen molar-refractivity contribution in [2.75, 3.05) is 11.9 Å². The van der Waals surface area contributed by atoms with Crippen LogP contribution in [0.2, 0.25) is 0 Å². The first-order valence-electron chi connectivity index (χ1n) is 13.0. The second-order valence-corrected chi connectivity index (χ2v) is 8.36. The predicted molar refractivity (Wildman–Crippen MR) is 157 cm³/mol. The maximum Gasteiger partial charge on any atom is 0.161 e. The zero-order valence-electron chi connectivity index (χ0n) is 24.1. The molecule has 1 N–H and O–H groups in total. The molecule has 0 spiro atoms. The molecule has 35 heavy (non-hydrogen) atoms. The van der Waals surface area contributed by atoms with Crippen LogP contribution >= 0.6 is 0 Å². The molecule has 3 nitrogen and oxygen atoms in total. The number of pyridine rings is 1. The smallest absolute Gasteiger partial charge is 0.161 e. The van der Waals surface area contributed by atoms with Crippen molar-refractivity contribution in [1.29, 1.82) is 0 Å². The summed E-state index contributed by atoms with van der Waals surface area (Å²) in [6.07, 6.45) is 21.8. The minimum Gasteiger partial charge on any atom is -0.366 e. The average molecular weight is 479 g/mol. The van der Waals surface area contributed by atoms with Crippen molar-refractivity contribution in [2.45, 2.75) is 94.9 Å². The van der Waals surface area contributed by atoms with E-state index in [0.29, 0.717) is 12.1 Å². The normalized spacial score (nSPS) is 13.6. The van der Waals surface area contributed by atoms with E-state index in [1.165, 1.54) is 23.1 Å². The highest BCUT2D eigenvalue weighted by atomic mass is 16.1. The molecular formula is C32H50N2O. The van der Waals surface area contributed by atoms with E-state index >= 15 is 0 Å². The van der Waals surface area contributed by atoms with E-state index in [1.807, 2.05) is 39.0 Å². The van der Waals surface area contributed by atoms with Crippen molar-refractivity contribution in [1.82, 2.24) is 4.98 Å². The summed E-state index contributed by atoms with van der Waals surface area (Å²) in [5.74, 6) is 3.63. The van der Waals surface area contributed by atoms with E-state index in [0.717, 1.165) is 25.1 Å². The summed E-state index contributed by atoms with van der Waals surface area (Å²) < 4.78 is 0. The third-order valence-corrected chi connectivity index (χ3v) is 5.79. The summed E-state index contributed by atoms with van der Waals surface area (Å²) in [7, 11) is 0. The molecule has 1 aromatic rings. The van der Waals surface area contributed by atoms with Gasteiger partial charge in [0.15, 0.2) is 5.78 Å². The lowest BCUT2D eigenvalue weighted by Crippen LogP contribution is -2.10. The van der Waals surface area contributed by atoms with Gasteiger partial charge in [-0.25, -0.2) is 4.98 Å². The Kier molecular flexibility index (Phi) is 20.1. The third kappa shape index (κ3) is 14.2. The zero-order chi connectivity index (χ0) is 27.3. The summed E-state index contributed by atoms with van der Waals surface area (Å²) in [5, 5.41) is 3.36. The fourth-order valence-electron chi connectivity index (χ4n) is 3.30. The average Bonchev–Trinajstić information content (AvgIpc) is 2.88. The third-order valence-electron chi connectivity index (χ3n) is 5.79. The number of Topliss-reactive ketones (excluding diaryl/α,β-unsaturated/α-hetero) is 1. The summed E-state index contributed by atoms with van der Waals surface area (Å²) >= 11 is 0. The molecule has 0 fully saturated rings. The quantitative estimate of drug-likeness (QED) is 0.196. The van der Waals surface area contributed by atoms with Crippen molar-refractivity contribution in [3.8, 4) is 12.3 Å². The fourth-order valence-corrected chi connectivity index (χ4v) is 3.30. The van der Waals surface area contributed by atoms with Gasteiger partial charge in [-0.1, -0.05) is 71.4 Å². The molecule has 0 radical (unpaired) electrons. The lowest BCUT2D eigenvalue weighted by Gasteiger charge is -2.19. The van der Waals surface area contributed by atoms with Crippen LogP contribution in [-0.2, 0) is 0 Å². The second-order valence-electron chi connectivity index (χ2n) is 8.36. The van der Waals surface area contributed by atoms with Crippen LogP contribution in [0, 0.1) is 17.8 Å². The van der Waals surface area contributed by atoms with E-state index in [1.54, 1.807) is 19.2 Å². The standard InChI is InChI=1S/C21H28N2O.C9H16.C2H6/c1-6-9-10-11-16(4)20(18(7-2)8-3)15-23-21-13-12-19(14-22-21)17(5)24;1-5-8-9(4,6-2)7-3;1-2/h6-7,9-14H,8,15H2,1-5H3,(H,22,23);2H,5,7-8H2,1,3-4H3;1-2H3/b9-6-,11-10-,18-7-,20-16+;;. The number of allylic oxidation sites excluding steroid dienone is 6. The number of aromatic nitrogens is 1. The number of nitrogens with zero attached hydrogens (tertiary/aromatic N) is 1. The first kappa shape index (κ1) is 34.3. The monoisotopic (exact) mass is 478 g/mol. The van der Waals surface area contributed by atoms with Gasteiger partial charge in [-0.15, -0.1) is 12.3 Å². The molecule has 0 aliphatic rings. The number of anilines is 1. The molecule has 0 aliphatic heterocycles. The van der Waals surface area contributed by atoms with E-state index in [9.17, 15) is 4.79 Å². The van der Waals surface area contributed by atoms with Gasteiger partial charge in [-0.3, -0.25) is 4.79 Å². The number of carbonyl (C=O) groups excluding carboxylic acids is 1. The minimum absolute atomic E-state index is 0.0294. The number of nitrogens with one attached hydrogen (secondary N) is 1. The summed E-state index contributed by atoms with van der Waals surface area (Å²) in [5.41, 5.74) is 4.62. The highest BCUT2D eigenvalue weighted by molar-refractivity contribution is 5.93. The summed E-state index contributed by atoms with van der Waals surface area (Å²) in [4.78, 5) is 15.6. The topological polar surface area (TPSA) is 42.0 Å². The van der Waals surface area contributed by atoms with E-state index in [-0.39, 0.29) is 11.2 Å². The molecule has 1 unspecified atom stereocenters. The molecule has 1 rings (SSSR count). The number of hydrogen-bond acceptors (Lipinski definition) is 3. The number of terminal acetylenes is 1. The zero-order valence-corrected chi connectivity index (χ0v) is 24.1. The molecule has 0 aliphatic carbocycles. The van der Waals surface area contributed by atoms with Crippen molar-refractivity contribution in [3.63, 3.8) is 0 Å². The Morgan fingerprint density at radius 3 is 2.17 bits per heavy atom.